The van der Waals surface area contributed by atoms with E-state index in [-0.39, 0.29) is 21.6 Å². The summed E-state index contributed by atoms with van der Waals surface area (Å²) in [6, 6.07) is 19.9. The van der Waals surface area contributed by atoms with Crippen LogP contribution in [0.25, 0.3) is 44.6 Å². The van der Waals surface area contributed by atoms with Crippen molar-refractivity contribution < 1.29 is 26.4 Å². The van der Waals surface area contributed by atoms with Crippen LogP contribution < -0.4 is 0 Å². The summed E-state index contributed by atoms with van der Waals surface area (Å²) in [5.41, 5.74) is 4.10. The molecule has 2 saturated heterocycles. The fourth-order valence-electron chi connectivity index (χ4n) is 7.38. The summed E-state index contributed by atoms with van der Waals surface area (Å²) in [7, 11) is -2.35. The molecular formula is C44H39Br2ClN8O6S4. The van der Waals surface area contributed by atoms with Crippen molar-refractivity contribution in [1.82, 2.24) is 38.7 Å². The number of piperidine rings is 2. The Hall–Kier alpha value is -4.83. The van der Waals surface area contributed by atoms with Gasteiger partial charge in [-0.2, -0.15) is 0 Å². The van der Waals surface area contributed by atoms with Gasteiger partial charge in [0.25, 0.3) is 30.9 Å². The number of thiazole rings is 2. The number of rotatable bonds is 7. The number of benzene rings is 2. The lowest BCUT2D eigenvalue weighted by atomic mass is 10.1. The molecular weight excluding hydrogens is 1060 g/mol. The van der Waals surface area contributed by atoms with Gasteiger partial charge in [-0.05, 0) is 107 Å². The van der Waals surface area contributed by atoms with E-state index in [0.717, 1.165) is 89.5 Å². The Labute approximate surface area is 404 Å². The Morgan fingerprint density at radius 3 is 1.66 bits per heavy atom. The number of H-pyrrole nitrogens is 1. The van der Waals surface area contributed by atoms with Crippen LogP contribution in [0, 0.1) is 0 Å². The zero-order valence-corrected chi connectivity index (χ0v) is 41.5. The number of nitrogens with zero attached hydrogens (tertiary/aromatic N) is 7. The zero-order valence-electron chi connectivity index (χ0n) is 34.3. The fourth-order valence-corrected chi connectivity index (χ4v) is 11.7. The number of halogens is 3. The van der Waals surface area contributed by atoms with Crippen LogP contribution in [-0.2, 0) is 19.1 Å². The SMILES string of the molecule is O=C(c1nc(-c2c[nH]c3ncc(Br)cc23)cs1)N1CCCCC1.O=C(c1nc(-c2cn(S(=O)(=O)c3ccccc3)c3ncc(Br)cc23)cs1)N1CCCCC1.O=S(=O)(Cl)c1ccccc1. The fraction of sp³-hybridized carbons (Fsp3) is 0.227. The van der Waals surface area contributed by atoms with Gasteiger partial charge in [-0.15, -0.1) is 22.7 Å². The van der Waals surface area contributed by atoms with Crippen LogP contribution >= 0.6 is 65.2 Å². The summed E-state index contributed by atoms with van der Waals surface area (Å²) in [6.07, 6.45) is 13.3. The minimum atomic E-state index is -3.85. The molecule has 0 spiro atoms. The van der Waals surface area contributed by atoms with Crippen LogP contribution in [0.4, 0.5) is 0 Å². The van der Waals surface area contributed by atoms with Crippen LogP contribution in [0.15, 0.2) is 127 Å². The topological polar surface area (TPSA) is 181 Å². The van der Waals surface area contributed by atoms with Crippen molar-refractivity contribution in [3.8, 4) is 22.5 Å². The van der Waals surface area contributed by atoms with Gasteiger partial charge in [0.15, 0.2) is 15.7 Å². The van der Waals surface area contributed by atoms with Crippen molar-refractivity contribution in [3.05, 3.63) is 127 Å². The van der Waals surface area contributed by atoms with E-state index in [1.54, 1.807) is 66.3 Å². The molecule has 0 unspecified atom stereocenters. The molecule has 2 aromatic carbocycles. The number of pyridine rings is 2. The van der Waals surface area contributed by atoms with Crippen LogP contribution in [0.2, 0.25) is 0 Å². The third-order valence-corrected chi connectivity index (χ3v) is 16.2. The highest BCUT2D eigenvalue weighted by Crippen LogP contribution is 2.35. The van der Waals surface area contributed by atoms with Crippen molar-refractivity contribution >= 4 is 118 Å². The largest absolute Gasteiger partial charge is 0.345 e. The highest BCUT2D eigenvalue weighted by molar-refractivity contribution is 9.10. The molecule has 8 heterocycles. The van der Waals surface area contributed by atoms with Gasteiger partial charge in [-0.25, -0.2) is 40.7 Å². The van der Waals surface area contributed by atoms with E-state index in [4.69, 9.17) is 10.7 Å². The minimum absolute atomic E-state index is 0.0556. The number of aromatic amines is 1. The molecule has 2 amide bonds. The molecule has 0 bridgehead atoms. The summed E-state index contributed by atoms with van der Waals surface area (Å²) in [4.78, 5) is 50.5. The van der Waals surface area contributed by atoms with E-state index in [1.165, 1.54) is 51.4 Å². The molecule has 14 nitrogen and oxygen atoms in total. The van der Waals surface area contributed by atoms with Crippen molar-refractivity contribution in [2.24, 2.45) is 0 Å². The summed E-state index contributed by atoms with van der Waals surface area (Å²) in [5.74, 6) is -0.0130. The summed E-state index contributed by atoms with van der Waals surface area (Å²) < 4.78 is 50.7. The number of nitrogens with one attached hydrogen (secondary N) is 1. The average molecular weight is 1100 g/mol. The van der Waals surface area contributed by atoms with E-state index in [2.05, 4.69) is 56.8 Å². The van der Waals surface area contributed by atoms with Gasteiger partial charge in [0, 0.05) is 103 Å². The van der Waals surface area contributed by atoms with Crippen LogP contribution in [0.5, 0.6) is 0 Å². The summed E-state index contributed by atoms with van der Waals surface area (Å²) in [5, 5.41) is 6.37. The Balaban J connectivity index is 0.000000151. The van der Waals surface area contributed by atoms with Gasteiger partial charge >= 0.3 is 0 Å². The molecule has 21 heteroatoms. The molecule has 0 radical (unpaired) electrons. The van der Waals surface area contributed by atoms with Gasteiger partial charge in [0.05, 0.1) is 21.2 Å². The third kappa shape index (κ3) is 10.7. The van der Waals surface area contributed by atoms with Crippen molar-refractivity contribution in [3.63, 3.8) is 0 Å². The van der Waals surface area contributed by atoms with Crippen LogP contribution in [0.1, 0.15) is 58.1 Å². The highest BCUT2D eigenvalue weighted by Gasteiger charge is 2.27. The van der Waals surface area contributed by atoms with Crippen molar-refractivity contribution in [2.45, 2.75) is 48.3 Å². The number of carbonyl (C=O) groups is 2. The molecule has 2 aliphatic rings. The molecule has 0 aliphatic carbocycles. The Morgan fingerprint density at radius 2 is 1.14 bits per heavy atom. The number of likely N-dealkylation sites (tertiary alicyclic amines) is 2. The minimum Gasteiger partial charge on any atom is -0.345 e. The predicted molar refractivity (Wildman–Crippen MR) is 261 cm³/mol. The number of carbonyl (C=O) groups excluding carboxylic acids is 2. The molecule has 0 saturated carbocycles. The molecule has 8 aromatic rings. The Kier molecular flexibility index (Phi) is 14.6. The number of fused-ring (bicyclic) bond motifs is 2. The standard InChI is InChI=1S/C22H19BrN4O3S2.C16H15BrN4OS.C6H5ClO2S/c23-15-11-17-18(19-14-31-21(25-19)22(28)26-9-5-2-6-10-26)13-27(20(17)24-12-15)32(29,30)16-7-3-1-4-8-16;17-10-6-11-12(8-19-14(11)18-7-10)13-9-23-15(20-13)16(22)21-4-2-1-3-5-21;7-10(8,9)6-4-2-1-3-5-6/h1,3-4,7-8,11-14H,2,5-6,9-10H2;6-9H,1-5H2,(H,18,19);1-5H. The molecule has 6 aromatic heterocycles. The average Bonchev–Trinajstić information content (AvgIpc) is 4.16. The lowest BCUT2D eigenvalue weighted by molar-refractivity contribution is 0.0716. The van der Waals surface area contributed by atoms with Crippen molar-refractivity contribution in [1.29, 1.82) is 0 Å². The van der Waals surface area contributed by atoms with Crippen LogP contribution in [-0.4, -0.2) is 93.5 Å². The molecule has 2 aliphatic heterocycles. The maximum absolute atomic E-state index is 13.3. The summed E-state index contributed by atoms with van der Waals surface area (Å²) in [6.45, 7) is 3.19. The van der Waals surface area contributed by atoms with E-state index < -0.39 is 19.1 Å². The second-order valence-corrected chi connectivity index (χ2v) is 22.9. The molecule has 10 rings (SSSR count). The predicted octanol–water partition coefficient (Wildman–Crippen LogP) is 10.5. The van der Waals surface area contributed by atoms with E-state index in [9.17, 15) is 26.4 Å². The quantitative estimate of drug-likeness (QED) is 0.151. The first kappa shape index (κ1) is 46.7. The van der Waals surface area contributed by atoms with Crippen molar-refractivity contribution in [2.75, 3.05) is 26.2 Å². The number of aromatic nitrogens is 6. The van der Waals surface area contributed by atoms with Gasteiger partial charge in [-0.3, -0.25) is 9.59 Å². The van der Waals surface area contributed by atoms with Crippen LogP contribution in [0.3, 0.4) is 0 Å². The first-order valence-electron chi connectivity index (χ1n) is 20.4. The normalized spacial score (nSPS) is 14.4. The Morgan fingerprint density at radius 1 is 0.646 bits per heavy atom. The molecule has 336 valence electrons. The highest BCUT2D eigenvalue weighted by atomic mass is 79.9. The lowest BCUT2D eigenvalue weighted by Gasteiger charge is -2.25. The Bertz CT molecular complexity index is 3200. The monoisotopic (exact) mass is 1100 g/mol. The second kappa shape index (κ2) is 20.4. The molecule has 65 heavy (non-hydrogen) atoms. The lowest BCUT2D eigenvalue weighted by Crippen LogP contribution is -2.35. The van der Waals surface area contributed by atoms with Gasteiger partial charge in [0.2, 0.25) is 0 Å². The molecule has 2 fully saturated rings. The smallest absolute Gasteiger partial charge is 0.282 e. The first-order valence-corrected chi connectivity index (χ1v) is 27.5. The maximum Gasteiger partial charge on any atom is 0.282 e. The van der Waals surface area contributed by atoms with E-state index in [1.807, 2.05) is 33.5 Å². The number of hydrogen-bond acceptors (Lipinski definition) is 12. The van der Waals surface area contributed by atoms with Gasteiger partial charge < -0.3 is 14.8 Å². The molecule has 0 atom stereocenters. The van der Waals surface area contributed by atoms with Gasteiger partial charge in [0.1, 0.15) is 5.65 Å². The first-order chi connectivity index (χ1) is 31.3. The second-order valence-electron chi connectivity index (χ2n) is 15.0. The van der Waals surface area contributed by atoms with Gasteiger partial charge in [-0.1, -0.05) is 36.4 Å². The third-order valence-electron chi connectivity index (χ3n) is 10.6. The summed E-state index contributed by atoms with van der Waals surface area (Å²) >= 11 is 9.57. The molecule has 1 N–H and O–H groups in total. The zero-order chi connectivity index (χ0) is 45.7. The number of hydrogen-bond donors (Lipinski definition) is 1. The van der Waals surface area contributed by atoms with E-state index in [0.29, 0.717) is 32.3 Å². The maximum atomic E-state index is 13.3. The van der Waals surface area contributed by atoms with E-state index >= 15 is 0 Å². The number of amides is 2.